The zero-order chi connectivity index (χ0) is 17.6. The van der Waals surface area contributed by atoms with E-state index in [0.29, 0.717) is 21.4 Å². The van der Waals surface area contributed by atoms with Crippen LogP contribution in [0.1, 0.15) is 5.69 Å². The lowest BCUT2D eigenvalue weighted by Crippen LogP contribution is -2.14. The lowest BCUT2D eigenvalue weighted by molar-refractivity contribution is 0.893. The predicted molar refractivity (Wildman–Crippen MR) is 101 cm³/mol. The molecule has 0 amide bonds. The highest BCUT2D eigenvalue weighted by Crippen LogP contribution is 2.37. The molecule has 0 aliphatic carbocycles. The number of hydrogen-bond acceptors (Lipinski definition) is 2. The van der Waals surface area contributed by atoms with Crippen LogP contribution < -0.4 is 5.56 Å². The second-order valence-corrected chi connectivity index (χ2v) is 6.59. The van der Waals surface area contributed by atoms with Crippen molar-refractivity contribution in [3.05, 3.63) is 80.7 Å². The summed E-state index contributed by atoms with van der Waals surface area (Å²) >= 11 is 12.4. The van der Waals surface area contributed by atoms with E-state index in [1.165, 1.54) is 10.6 Å². The molecule has 4 rings (SSSR count). The first-order valence-corrected chi connectivity index (χ1v) is 8.43. The number of aryl methyl sites for hydroxylation is 1. The zero-order valence-corrected chi connectivity index (χ0v) is 14.8. The van der Waals surface area contributed by atoms with E-state index in [1.807, 2.05) is 48.5 Å². The van der Waals surface area contributed by atoms with E-state index in [-0.39, 0.29) is 5.56 Å². The molecule has 0 radical (unpaired) electrons. The topological polar surface area (TPSA) is 50.2 Å². The average molecular weight is 370 g/mol. The molecule has 0 atom stereocenters. The minimum Gasteiger partial charge on any atom is -0.288 e. The number of H-pyrrole nitrogens is 1. The van der Waals surface area contributed by atoms with Crippen molar-refractivity contribution in [3.63, 3.8) is 0 Å². The van der Waals surface area contributed by atoms with Crippen molar-refractivity contribution in [2.75, 3.05) is 0 Å². The van der Waals surface area contributed by atoms with Crippen LogP contribution in [0.25, 0.3) is 28.0 Å². The number of rotatable bonds is 2. The molecule has 0 aliphatic heterocycles. The molecule has 0 fully saturated rings. The van der Waals surface area contributed by atoms with Gasteiger partial charge < -0.3 is 0 Å². The van der Waals surface area contributed by atoms with Crippen LogP contribution in [0.5, 0.6) is 0 Å². The van der Waals surface area contributed by atoms with Crippen molar-refractivity contribution < 1.29 is 0 Å². The third-order valence-electron chi connectivity index (χ3n) is 4.02. The molecule has 2 aromatic heterocycles. The number of aromatic nitrogens is 3. The molecule has 2 heterocycles. The van der Waals surface area contributed by atoms with Crippen LogP contribution in [0.3, 0.4) is 0 Å². The minimum atomic E-state index is -0.170. The first-order valence-electron chi connectivity index (χ1n) is 7.68. The van der Waals surface area contributed by atoms with E-state index in [0.717, 1.165) is 22.4 Å². The zero-order valence-electron chi connectivity index (χ0n) is 13.3. The lowest BCUT2D eigenvalue weighted by atomic mass is 10.0. The van der Waals surface area contributed by atoms with E-state index >= 15 is 0 Å². The maximum absolute atomic E-state index is 12.4. The Kier molecular flexibility index (Phi) is 3.86. The van der Waals surface area contributed by atoms with E-state index in [9.17, 15) is 4.79 Å². The Morgan fingerprint density at radius 2 is 1.76 bits per heavy atom. The molecule has 0 saturated carbocycles. The van der Waals surface area contributed by atoms with Crippen molar-refractivity contribution in [1.29, 1.82) is 0 Å². The highest BCUT2D eigenvalue weighted by Gasteiger charge is 2.19. The van der Waals surface area contributed by atoms with Gasteiger partial charge in [-0.25, -0.2) is 9.50 Å². The molecule has 0 saturated heterocycles. The summed E-state index contributed by atoms with van der Waals surface area (Å²) in [4.78, 5) is 17.0. The monoisotopic (exact) mass is 369 g/mol. The quantitative estimate of drug-likeness (QED) is 0.542. The molecule has 6 heteroatoms. The molecule has 4 aromatic rings. The summed E-state index contributed by atoms with van der Waals surface area (Å²) in [7, 11) is 0. The molecule has 4 nitrogen and oxygen atoms in total. The standard InChI is InChI=1S/C19H13Cl2N3O/c1-11-10-16(25)24-19(22-11)17(12-6-8-13(20)9-7-12)18(23-24)14-4-2-3-5-15(14)21/h2-10,23H,1H3. The third-order valence-corrected chi connectivity index (χ3v) is 4.60. The molecule has 124 valence electrons. The van der Waals surface area contributed by atoms with Crippen molar-refractivity contribution in [1.82, 2.24) is 14.6 Å². The molecule has 25 heavy (non-hydrogen) atoms. The van der Waals surface area contributed by atoms with Gasteiger partial charge in [-0.15, -0.1) is 0 Å². The van der Waals surface area contributed by atoms with E-state index < -0.39 is 0 Å². The number of nitrogens with zero attached hydrogens (tertiary/aromatic N) is 2. The minimum absolute atomic E-state index is 0.170. The SMILES string of the molecule is Cc1cc(=O)n2[nH]c(-c3ccccc3Cl)c(-c3ccc(Cl)cc3)c2n1. The van der Waals surface area contributed by atoms with Crippen LogP contribution in [0.4, 0.5) is 0 Å². The summed E-state index contributed by atoms with van der Waals surface area (Å²) in [6.07, 6.45) is 0. The fraction of sp³-hybridized carbons (Fsp3) is 0.0526. The Bertz CT molecular complexity index is 1140. The summed E-state index contributed by atoms with van der Waals surface area (Å²) in [5, 5.41) is 4.39. The van der Waals surface area contributed by atoms with Gasteiger partial charge in [0.1, 0.15) is 0 Å². The van der Waals surface area contributed by atoms with Gasteiger partial charge in [-0.05, 0) is 30.7 Å². The molecule has 0 aliphatic rings. The van der Waals surface area contributed by atoms with Crippen LogP contribution in [0.2, 0.25) is 10.0 Å². The van der Waals surface area contributed by atoms with Gasteiger partial charge in [0, 0.05) is 27.4 Å². The van der Waals surface area contributed by atoms with Crippen molar-refractivity contribution in [2.24, 2.45) is 0 Å². The molecule has 0 bridgehead atoms. The maximum atomic E-state index is 12.4. The van der Waals surface area contributed by atoms with Gasteiger partial charge in [-0.1, -0.05) is 53.5 Å². The van der Waals surface area contributed by atoms with Crippen LogP contribution >= 0.6 is 23.2 Å². The van der Waals surface area contributed by atoms with E-state index in [4.69, 9.17) is 23.2 Å². The molecular weight excluding hydrogens is 357 g/mol. The second kappa shape index (κ2) is 6.06. The normalized spacial score (nSPS) is 11.2. The molecule has 0 unspecified atom stereocenters. The lowest BCUT2D eigenvalue weighted by Gasteiger charge is -2.06. The fourth-order valence-electron chi connectivity index (χ4n) is 2.90. The Balaban J connectivity index is 2.14. The number of benzene rings is 2. The molecule has 1 N–H and O–H groups in total. The fourth-order valence-corrected chi connectivity index (χ4v) is 3.26. The van der Waals surface area contributed by atoms with Crippen molar-refractivity contribution in [3.8, 4) is 22.4 Å². The Morgan fingerprint density at radius 1 is 1.04 bits per heavy atom. The predicted octanol–water partition coefficient (Wildman–Crippen LogP) is 4.97. The highest BCUT2D eigenvalue weighted by molar-refractivity contribution is 6.33. The number of aromatic amines is 1. The largest absolute Gasteiger partial charge is 0.288 e. The van der Waals surface area contributed by atoms with Crippen LogP contribution in [0.15, 0.2) is 59.4 Å². The Hall–Kier alpha value is -2.56. The highest BCUT2D eigenvalue weighted by atomic mass is 35.5. The number of halogens is 2. The average Bonchev–Trinajstić information content (AvgIpc) is 2.95. The summed E-state index contributed by atoms with van der Waals surface area (Å²) in [6.45, 7) is 1.80. The van der Waals surface area contributed by atoms with Gasteiger partial charge >= 0.3 is 0 Å². The van der Waals surface area contributed by atoms with Crippen molar-refractivity contribution >= 4 is 28.8 Å². The van der Waals surface area contributed by atoms with Gasteiger partial charge in [0.2, 0.25) is 0 Å². The Morgan fingerprint density at radius 3 is 2.48 bits per heavy atom. The number of hydrogen-bond donors (Lipinski definition) is 1. The first kappa shape index (κ1) is 15.9. The Labute approximate surface area is 153 Å². The van der Waals surface area contributed by atoms with Gasteiger partial charge in [0.15, 0.2) is 5.65 Å². The van der Waals surface area contributed by atoms with E-state index in [1.54, 1.807) is 6.92 Å². The number of nitrogens with one attached hydrogen (secondary N) is 1. The van der Waals surface area contributed by atoms with Crippen LogP contribution in [-0.2, 0) is 0 Å². The van der Waals surface area contributed by atoms with Gasteiger partial charge in [0.25, 0.3) is 5.56 Å². The summed E-state index contributed by atoms with van der Waals surface area (Å²) in [6, 6.07) is 16.4. The molecule has 2 aromatic carbocycles. The molecular formula is C19H13Cl2N3O. The van der Waals surface area contributed by atoms with Gasteiger partial charge in [-0.3, -0.25) is 9.89 Å². The smallest absolute Gasteiger partial charge is 0.272 e. The van der Waals surface area contributed by atoms with E-state index in [2.05, 4.69) is 10.1 Å². The van der Waals surface area contributed by atoms with Gasteiger partial charge in [-0.2, -0.15) is 0 Å². The van der Waals surface area contributed by atoms with Crippen LogP contribution in [0, 0.1) is 6.92 Å². The van der Waals surface area contributed by atoms with Gasteiger partial charge in [0.05, 0.1) is 11.3 Å². The second-order valence-electron chi connectivity index (χ2n) is 5.74. The number of fused-ring (bicyclic) bond motifs is 1. The molecule has 0 spiro atoms. The summed E-state index contributed by atoms with van der Waals surface area (Å²) < 4.78 is 1.44. The van der Waals surface area contributed by atoms with Crippen LogP contribution in [-0.4, -0.2) is 14.6 Å². The third kappa shape index (κ3) is 2.73. The van der Waals surface area contributed by atoms with Crippen molar-refractivity contribution in [2.45, 2.75) is 6.92 Å². The summed E-state index contributed by atoms with van der Waals surface area (Å²) in [5.74, 6) is 0. The first-order chi connectivity index (χ1) is 12.0. The maximum Gasteiger partial charge on any atom is 0.272 e. The summed E-state index contributed by atoms with van der Waals surface area (Å²) in [5.41, 5.74) is 4.30.